The van der Waals surface area contributed by atoms with Crippen molar-refractivity contribution >= 4 is 21.5 Å². The number of hydrogen-bond acceptors (Lipinski definition) is 9. The van der Waals surface area contributed by atoms with Crippen LogP contribution >= 0.6 is 0 Å². The number of rotatable bonds is 17. The Hall–Kier alpha value is -19.6. The lowest BCUT2D eigenvalue weighted by Crippen LogP contribution is -2.28. The topological polar surface area (TPSA) is 116 Å². The molecule has 0 radical (unpaired) electrons. The van der Waals surface area contributed by atoms with E-state index in [4.69, 9.17) is 44.9 Å². The zero-order valence-corrected chi connectivity index (χ0v) is 81.2. The Morgan fingerprint density at radius 2 is 0.336 bits per heavy atom. The number of fused-ring (bicyclic) bond motifs is 11. The van der Waals surface area contributed by atoms with Gasteiger partial charge in [-0.15, -0.1) is 0 Å². The van der Waals surface area contributed by atoms with Crippen LogP contribution in [0.1, 0.15) is 66.8 Å². The van der Waals surface area contributed by atoms with Crippen molar-refractivity contribution < 1.29 is 0 Å². The molecule has 9 heteroatoms. The largest absolute Gasteiger partial charge is 0.208 e. The van der Waals surface area contributed by atoms with Gasteiger partial charge in [-0.05, 0) is 168 Å². The summed E-state index contributed by atoms with van der Waals surface area (Å²) in [4.78, 5) is 46.6. The lowest BCUT2D eigenvalue weighted by molar-refractivity contribution is 0.768. The van der Waals surface area contributed by atoms with Gasteiger partial charge in [-0.1, -0.05) is 540 Å². The first-order chi connectivity index (χ1) is 73.9. The van der Waals surface area contributed by atoms with Gasteiger partial charge in [0.1, 0.15) is 0 Å². The van der Waals surface area contributed by atoms with Gasteiger partial charge in [0.15, 0.2) is 52.4 Å². The van der Waals surface area contributed by atoms with E-state index < -0.39 is 16.2 Å². The first-order valence-corrected chi connectivity index (χ1v) is 50.6. The summed E-state index contributed by atoms with van der Waals surface area (Å²) in [6.45, 7) is 0. The monoisotopic (exact) mass is 1900 g/mol. The predicted molar refractivity (Wildman–Crippen MR) is 606 cm³/mol. The number of aromatic nitrogens is 9. The van der Waals surface area contributed by atoms with E-state index in [-0.39, 0.29) is 0 Å². The molecule has 0 amide bonds. The van der Waals surface area contributed by atoms with Crippen LogP contribution in [-0.2, 0) is 16.2 Å². The molecule has 9 nitrogen and oxygen atoms in total. The van der Waals surface area contributed by atoms with Crippen LogP contribution in [0.3, 0.4) is 0 Å². The van der Waals surface area contributed by atoms with E-state index >= 15 is 0 Å². The Labute approximate surface area is 865 Å². The molecule has 3 aliphatic rings. The van der Waals surface area contributed by atoms with E-state index in [2.05, 4.69) is 510 Å². The second kappa shape index (κ2) is 38.6. The minimum atomic E-state index is -0.539. The molecule has 0 fully saturated rings. The molecule has 0 N–H and O–H groups in total. The summed E-state index contributed by atoms with van der Waals surface area (Å²) in [6.07, 6.45) is 0. The molecule has 0 atom stereocenters. The molecular formula is C140H93N9. The molecule has 0 unspecified atom stereocenters. The van der Waals surface area contributed by atoms with Crippen molar-refractivity contribution in [1.29, 1.82) is 0 Å². The Morgan fingerprint density at radius 1 is 0.114 bits per heavy atom. The molecule has 0 saturated heterocycles. The third-order valence-corrected chi connectivity index (χ3v) is 29.6. The average molecular weight is 1900 g/mol. The first-order valence-electron chi connectivity index (χ1n) is 50.6. The van der Waals surface area contributed by atoms with Crippen LogP contribution < -0.4 is 0 Å². The van der Waals surface area contributed by atoms with E-state index in [9.17, 15) is 0 Å². The summed E-state index contributed by atoms with van der Waals surface area (Å²) in [5, 5.41) is 4.60. The van der Waals surface area contributed by atoms with Crippen LogP contribution in [-0.4, -0.2) is 44.9 Å². The van der Waals surface area contributed by atoms with Crippen molar-refractivity contribution in [2.24, 2.45) is 0 Å². The third kappa shape index (κ3) is 15.9. The van der Waals surface area contributed by atoms with Crippen LogP contribution in [0.2, 0.25) is 0 Å². The summed E-state index contributed by atoms with van der Waals surface area (Å²) in [5.41, 5.74) is 33.6. The standard InChI is InChI=1S/C52H35N3.2C44H29N3/c1-6-19-36(20-7-1)42-30-18-31-43(37-21-8-2-9-22-37)48(42)51-54-49(38-23-10-3-11-24-38)53-50(55-51)39-33-34-45-44-29-16-17-32-46(44)52(47(45)35-39,40-25-12-4-13-26-40)41-27-14-5-15-28-41;1-4-16-31(17-5-1)41-45-42(47-43(46-41)38-25-14-18-30-15-10-11-23-35(30)38)32-27-28-37-36-24-12-13-26-39(36)44(40(37)29-32,33-19-6-2-7-20-33)34-21-8-3-9-22-34;1-4-15-31(16-5-1)41-45-42(33-25-24-30-14-10-11-17-32(30)28-33)47-43(46-41)34-26-27-38-37-22-12-13-23-39(37)44(40(38)29-34,35-18-6-2-7-19-35)36-20-8-3-9-21-36/h1-35H;2*1-29H. The SMILES string of the molecule is c1ccc(-c2nc(-c3ccc4c(c3)C(c3ccccc3)(c3ccccc3)c3ccccc3-4)nc(-c3c(-c4ccccc4)cccc3-c3ccccc3)n2)cc1.c1ccc(-c2nc(-c3ccc4c(c3)C(c3ccccc3)(c3ccccc3)c3ccccc3-4)nc(-c3ccc4ccccc4c3)n2)cc1.c1ccc(-c2nc(-c3ccc4c(c3)C(c3ccccc3)(c3ccccc3)c3ccccc3-4)nc(-c3cccc4ccccc34)n2)cc1. The smallest absolute Gasteiger partial charge is 0.165 e. The lowest BCUT2D eigenvalue weighted by atomic mass is 9.67. The second-order valence-corrected chi connectivity index (χ2v) is 37.9. The summed E-state index contributed by atoms with van der Waals surface area (Å²) in [7, 11) is 0. The Balaban J connectivity index is 0.000000113. The van der Waals surface area contributed by atoms with Gasteiger partial charge in [-0.2, -0.15) is 0 Å². The Bertz CT molecular complexity index is 9100. The maximum absolute atomic E-state index is 5.42. The fraction of sp³-hybridized carbons (Fsp3) is 0.0214. The van der Waals surface area contributed by atoms with Gasteiger partial charge in [0.05, 0.1) is 16.2 Å². The molecule has 0 spiro atoms. The van der Waals surface area contributed by atoms with Gasteiger partial charge in [-0.25, -0.2) is 44.9 Å². The highest BCUT2D eigenvalue weighted by molar-refractivity contribution is 5.98. The zero-order valence-electron chi connectivity index (χ0n) is 81.2. The average Bonchev–Trinajstić information content (AvgIpc) is 1.55. The minimum absolute atomic E-state index is 0.499. The van der Waals surface area contributed by atoms with Crippen molar-refractivity contribution in [3.63, 3.8) is 0 Å². The van der Waals surface area contributed by atoms with Crippen molar-refractivity contribution in [2.75, 3.05) is 0 Å². The van der Waals surface area contributed by atoms with Crippen molar-refractivity contribution in [3.05, 3.63) is 631 Å². The molecule has 3 heterocycles. The van der Waals surface area contributed by atoms with Gasteiger partial charge >= 0.3 is 0 Å². The minimum Gasteiger partial charge on any atom is -0.208 e. The van der Waals surface area contributed by atoms with E-state index in [1.807, 2.05) is 54.6 Å². The van der Waals surface area contributed by atoms with Crippen molar-refractivity contribution in [2.45, 2.75) is 16.2 Å². The van der Waals surface area contributed by atoms with E-state index in [1.54, 1.807) is 0 Å². The number of benzene rings is 22. The van der Waals surface area contributed by atoms with Gasteiger partial charge in [0.25, 0.3) is 0 Å². The molecule has 25 aromatic rings. The van der Waals surface area contributed by atoms with Crippen LogP contribution in [0, 0.1) is 0 Å². The fourth-order valence-electron chi connectivity index (χ4n) is 23.0. The van der Waals surface area contributed by atoms with E-state index in [0.29, 0.717) is 52.4 Å². The van der Waals surface area contributed by atoms with E-state index in [1.165, 1.54) is 106 Å². The second-order valence-electron chi connectivity index (χ2n) is 37.9. The zero-order chi connectivity index (χ0) is 99.0. The van der Waals surface area contributed by atoms with Gasteiger partial charge in [-0.3, -0.25) is 0 Å². The lowest BCUT2D eigenvalue weighted by Gasteiger charge is -2.34. The molecule has 28 rings (SSSR count). The fourth-order valence-corrected chi connectivity index (χ4v) is 23.0. The Kier molecular flexibility index (Phi) is 23.2. The maximum Gasteiger partial charge on any atom is 0.165 e. The molecule has 22 aromatic carbocycles. The van der Waals surface area contributed by atoms with Gasteiger partial charge in [0, 0.05) is 50.1 Å². The van der Waals surface area contributed by atoms with E-state index in [0.717, 1.165) is 88.5 Å². The van der Waals surface area contributed by atoms with Crippen LogP contribution in [0.15, 0.2) is 564 Å². The molecule has 149 heavy (non-hydrogen) atoms. The quantitative estimate of drug-likeness (QED) is 0.0879. The molecule has 0 saturated carbocycles. The first kappa shape index (κ1) is 89.5. The molecule has 0 bridgehead atoms. The third-order valence-electron chi connectivity index (χ3n) is 29.6. The summed E-state index contributed by atoms with van der Waals surface area (Å²) < 4.78 is 0. The maximum atomic E-state index is 5.42. The number of nitrogens with zero attached hydrogens (tertiary/aromatic N) is 9. The molecule has 698 valence electrons. The summed E-state index contributed by atoms with van der Waals surface area (Å²) >= 11 is 0. The highest BCUT2D eigenvalue weighted by Gasteiger charge is 2.50. The Morgan fingerprint density at radius 3 is 0.678 bits per heavy atom. The molecule has 3 aliphatic carbocycles. The summed E-state index contributed by atoms with van der Waals surface area (Å²) in [6, 6.07) is 199. The van der Waals surface area contributed by atoms with Crippen molar-refractivity contribution in [3.8, 4) is 158 Å². The van der Waals surface area contributed by atoms with Gasteiger partial charge < -0.3 is 0 Å². The molecule has 0 aliphatic heterocycles. The van der Waals surface area contributed by atoms with Crippen LogP contribution in [0.25, 0.3) is 180 Å². The highest BCUT2D eigenvalue weighted by atomic mass is 15.1. The van der Waals surface area contributed by atoms with Crippen LogP contribution in [0.4, 0.5) is 0 Å². The molecule has 3 aromatic heterocycles. The normalized spacial score (nSPS) is 12.7. The number of hydrogen-bond donors (Lipinski definition) is 0. The van der Waals surface area contributed by atoms with Crippen LogP contribution in [0.5, 0.6) is 0 Å². The van der Waals surface area contributed by atoms with Crippen molar-refractivity contribution in [1.82, 2.24) is 44.9 Å². The predicted octanol–water partition coefficient (Wildman–Crippen LogP) is 33.3. The highest BCUT2D eigenvalue weighted by Crippen LogP contribution is 2.61. The van der Waals surface area contributed by atoms with Gasteiger partial charge in [0.2, 0.25) is 0 Å². The molecular weight excluding hydrogens is 1810 g/mol. The summed E-state index contributed by atoms with van der Waals surface area (Å²) in [5.74, 6) is 5.80.